The summed E-state index contributed by atoms with van der Waals surface area (Å²) in [4.78, 5) is 3.18. The van der Waals surface area contributed by atoms with Crippen molar-refractivity contribution in [2.75, 3.05) is 0 Å². The van der Waals surface area contributed by atoms with E-state index in [4.69, 9.17) is 5.73 Å². The molecule has 0 saturated heterocycles. The summed E-state index contributed by atoms with van der Waals surface area (Å²) >= 11 is 0. The van der Waals surface area contributed by atoms with Crippen LogP contribution in [0.1, 0.15) is 11.6 Å². The van der Waals surface area contributed by atoms with Gasteiger partial charge < -0.3 is 10.7 Å². The van der Waals surface area contributed by atoms with Gasteiger partial charge in [-0.15, -0.1) is 6.58 Å². The van der Waals surface area contributed by atoms with Crippen LogP contribution in [0.4, 0.5) is 0 Å². The molecule has 0 radical (unpaired) electrons. The van der Waals surface area contributed by atoms with E-state index in [0.717, 1.165) is 11.1 Å². The molecule has 1 atom stereocenters. The fourth-order valence-corrected chi connectivity index (χ4v) is 1.50. The zero-order valence-electron chi connectivity index (χ0n) is 7.33. The summed E-state index contributed by atoms with van der Waals surface area (Å²) in [6.45, 7) is 3.68. The fraction of sp³-hybridized carbons (Fsp3) is 0.0909. The third-order valence-electron chi connectivity index (χ3n) is 2.23. The molecule has 1 aromatic carbocycles. The van der Waals surface area contributed by atoms with E-state index in [9.17, 15) is 0 Å². The third-order valence-corrected chi connectivity index (χ3v) is 2.23. The SMILES string of the molecule is C=C[C@@H](N)c1c[nH]c2ccccc12. The van der Waals surface area contributed by atoms with Crippen LogP contribution in [0.3, 0.4) is 0 Å². The predicted molar refractivity (Wildman–Crippen MR) is 55.4 cm³/mol. The molecule has 66 valence electrons. The molecule has 0 aliphatic carbocycles. The summed E-state index contributed by atoms with van der Waals surface area (Å²) in [5, 5.41) is 1.18. The number of rotatable bonds is 2. The molecule has 0 fully saturated rings. The van der Waals surface area contributed by atoms with Crippen LogP contribution in [-0.2, 0) is 0 Å². The van der Waals surface area contributed by atoms with E-state index in [0.29, 0.717) is 0 Å². The van der Waals surface area contributed by atoms with Crippen LogP contribution in [0.25, 0.3) is 10.9 Å². The average molecular weight is 172 g/mol. The zero-order chi connectivity index (χ0) is 9.26. The van der Waals surface area contributed by atoms with Crippen LogP contribution in [0.15, 0.2) is 43.1 Å². The minimum Gasteiger partial charge on any atom is -0.361 e. The third kappa shape index (κ3) is 1.25. The molecule has 0 spiro atoms. The highest BCUT2D eigenvalue weighted by Gasteiger charge is 2.06. The van der Waals surface area contributed by atoms with Crippen molar-refractivity contribution in [3.63, 3.8) is 0 Å². The predicted octanol–water partition coefficient (Wildman–Crippen LogP) is 2.35. The van der Waals surface area contributed by atoms with E-state index in [2.05, 4.69) is 17.6 Å². The van der Waals surface area contributed by atoms with E-state index < -0.39 is 0 Å². The van der Waals surface area contributed by atoms with Crippen LogP contribution in [0.5, 0.6) is 0 Å². The van der Waals surface area contributed by atoms with Crippen molar-refractivity contribution in [2.24, 2.45) is 5.73 Å². The summed E-state index contributed by atoms with van der Waals surface area (Å²) < 4.78 is 0. The van der Waals surface area contributed by atoms with Crippen molar-refractivity contribution in [1.82, 2.24) is 4.98 Å². The molecule has 2 heteroatoms. The highest BCUT2D eigenvalue weighted by atomic mass is 14.7. The monoisotopic (exact) mass is 172 g/mol. The lowest BCUT2D eigenvalue weighted by Crippen LogP contribution is -2.05. The van der Waals surface area contributed by atoms with E-state index >= 15 is 0 Å². The van der Waals surface area contributed by atoms with Crippen molar-refractivity contribution in [3.8, 4) is 0 Å². The Morgan fingerprint density at radius 3 is 2.92 bits per heavy atom. The molecule has 13 heavy (non-hydrogen) atoms. The Kier molecular flexibility index (Phi) is 1.91. The van der Waals surface area contributed by atoms with Gasteiger partial charge >= 0.3 is 0 Å². The Labute approximate surface area is 77.1 Å². The van der Waals surface area contributed by atoms with Gasteiger partial charge in [-0.3, -0.25) is 0 Å². The average Bonchev–Trinajstić information content (AvgIpc) is 2.60. The van der Waals surface area contributed by atoms with Crippen molar-refractivity contribution < 1.29 is 0 Å². The number of hydrogen-bond donors (Lipinski definition) is 2. The van der Waals surface area contributed by atoms with Crippen molar-refractivity contribution in [2.45, 2.75) is 6.04 Å². The lowest BCUT2D eigenvalue weighted by Gasteiger charge is -2.02. The van der Waals surface area contributed by atoms with Crippen molar-refractivity contribution >= 4 is 10.9 Å². The maximum atomic E-state index is 5.87. The fourth-order valence-electron chi connectivity index (χ4n) is 1.50. The van der Waals surface area contributed by atoms with Gasteiger partial charge in [-0.05, 0) is 11.6 Å². The molecule has 0 saturated carbocycles. The maximum Gasteiger partial charge on any atom is 0.0499 e. The minimum absolute atomic E-state index is 0.0869. The van der Waals surface area contributed by atoms with E-state index in [1.54, 1.807) is 6.08 Å². The second kappa shape index (κ2) is 3.07. The Balaban J connectivity index is 2.64. The first-order valence-corrected chi connectivity index (χ1v) is 4.27. The standard InChI is InChI=1S/C11H12N2/c1-2-10(12)9-7-13-11-6-4-3-5-8(9)11/h2-7,10,13H,1,12H2/t10-/m1/s1. The van der Waals surface area contributed by atoms with Crippen molar-refractivity contribution in [1.29, 1.82) is 0 Å². The van der Waals surface area contributed by atoms with Gasteiger partial charge in [0.1, 0.15) is 0 Å². The maximum absolute atomic E-state index is 5.87. The highest BCUT2D eigenvalue weighted by Crippen LogP contribution is 2.22. The van der Waals surface area contributed by atoms with Crippen molar-refractivity contribution in [3.05, 3.63) is 48.7 Å². The Morgan fingerprint density at radius 2 is 2.15 bits per heavy atom. The Bertz CT molecular complexity index is 428. The van der Waals surface area contributed by atoms with E-state index in [1.165, 1.54) is 5.39 Å². The summed E-state index contributed by atoms with van der Waals surface area (Å²) in [6.07, 6.45) is 3.69. The van der Waals surface area contributed by atoms with Gasteiger partial charge in [-0.25, -0.2) is 0 Å². The number of nitrogens with two attached hydrogens (primary N) is 1. The normalized spacial score (nSPS) is 13.0. The Hall–Kier alpha value is -1.54. The summed E-state index contributed by atoms with van der Waals surface area (Å²) in [6, 6.07) is 8.02. The molecule has 3 N–H and O–H groups in total. The van der Waals surface area contributed by atoms with Crippen LogP contribution in [0.2, 0.25) is 0 Å². The van der Waals surface area contributed by atoms with Gasteiger partial charge in [0.2, 0.25) is 0 Å². The number of H-pyrrole nitrogens is 1. The van der Waals surface area contributed by atoms with E-state index in [-0.39, 0.29) is 6.04 Å². The van der Waals surface area contributed by atoms with Gasteiger partial charge in [0, 0.05) is 23.1 Å². The highest BCUT2D eigenvalue weighted by molar-refractivity contribution is 5.83. The lowest BCUT2D eigenvalue weighted by molar-refractivity contribution is 0.924. The first kappa shape index (κ1) is 8.08. The molecule has 0 bridgehead atoms. The van der Waals surface area contributed by atoms with Crippen LogP contribution in [0, 0.1) is 0 Å². The molecular weight excluding hydrogens is 160 g/mol. The van der Waals surface area contributed by atoms with E-state index in [1.807, 2.05) is 24.4 Å². The number of fused-ring (bicyclic) bond motifs is 1. The summed E-state index contributed by atoms with van der Waals surface area (Å²) in [7, 11) is 0. The molecule has 2 aromatic rings. The topological polar surface area (TPSA) is 41.8 Å². The molecule has 0 aliphatic rings. The zero-order valence-corrected chi connectivity index (χ0v) is 7.33. The molecule has 0 aliphatic heterocycles. The Morgan fingerprint density at radius 1 is 1.38 bits per heavy atom. The number of aromatic nitrogens is 1. The minimum atomic E-state index is -0.0869. The van der Waals surface area contributed by atoms with Gasteiger partial charge in [-0.2, -0.15) is 0 Å². The quantitative estimate of drug-likeness (QED) is 0.671. The molecule has 1 heterocycles. The summed E-state index contributed by atoms with van der Waals surface area (Å²) in [5.74, 6) is 0. The second-order valence-corrected chi connectivity index (χ2v) is 3.05. The van der Waals surface area contributed by atoms with Gasteiger partial charge in [0.15, 0.2) is 0 Å². The van der Waals surface area contributed by atoms with Crippen LogP contribution >= 0.6 is 0 Å². The molecule has 2 nitrogen and oxygen atoms in total. The largest absolute Gasteiger partial charge is 0.361 e. The molecule has 0 amide bonds. The van der Waals surface area contributed by atoms with Crippen LogP contribution in [-0.4, -0.2) is 4.98 Å². The molecule has 2 rings (SSSR count). The summed E-state index contributed by atoms with van der Waals surface area (Å²) in [5.41, 5.74) is 8.09. The first-order chi connectivity index (χ1) is 6.33. The number of para-hydroxylation sites is 1. The van der Waals surface area contributed by atoms with Crippen LogP contribution < -0.4 is 5.73 Å². The molecule has 0 unspecified atom stereocenters. The number of nitrogens with one attached hydrogen (secondary N) is 1. The molecular formula is C11H12N2. The van der Waals surface area contributed by atoms with Gasteiger partial charge in [0.25, 0.3) is 0 Å². The lowest BCUT2D eigenvalue weighted by atomic mass is 10.1. The number of hydrogen-bond acceptors (Lipinski definition) is 1. The smallest absolute Gasteiger partial charge is 0.0499 e. The second-order valence-electron chi connectivity index (χ2n) is 3.05. The van der Waals surface area contributed by atoms with Gasteiger partial charge in [-0.1, -0.05) is 24.3 Å². The number of benzene rings is 1. The van der Waals surface area contributed by atoms with Gasteiger partial charge in [0.05, 0.1) is 0 Å². The first-order valence-electron chi connectivity index (χ1n) is 4.27. The molecule has 1 aromatic heterocycles. The number of aromatic amines is 1.